The summed E-state index contributed by atoms with van der Waals surface area (Å²) in [4.78, 5) is 22.9. The molecule has 12 heteroatoms. The highest BCUT2D eigenvalue weighted by Gasteiger charge is 2.09. The molecule has 0 unspecified atom stereocenters. The predicted molar refractivity (Wildman–Crippen MR) is 225 cm³/mol. The first kappa shape index (κ1) is 41.4. The van der Waals surface area contributed by atoms with Crippen LogP contribution in [0.25, 0.3) is 0 Å². The van der Waals surface area contributed by atoms with E-state index in [4.69, 9.17) is 52.1 Å². The Morgan fingerprint density at radius 1 is 0.510 bits per heavy atom. The number of carbonyl (C=O) groups excluding carboxylic acids is 2. The maximum Gasteiger partial charge on any atom is 0.255 e. The summed E-state index contributed by atoms with van der Waals surface area (Å²) in [6, 6.07) is 49.3. The minimum atomic E-state index is -0.750. The molecule has 0 saturated carbocycles. The van der Waals surface area contributed by atoms with Crippen LogP contribution in [-0.2, 0) is 0 Å². The summed E-state index contributed by atoms with van der Waals surface area (Å²) >= 11 is 26.2. The number of hydrogen-bond acceptors (Lipinski definition) is 5. The van der Waals surface area contributed by atoms with Crippen LogP contribution in [0.4, 0.5) is 34.1 Å². The first-order valence-corrected chi connectivity index (χ1v) is 18.3. The van der Waals surface area contributed by atoms with E-state index in [0.717, 1.165) is 43.1 Å². The minimum absolute atomic E-state index is 0.139. The Morgan fingerprint density at radius 3 is 1.33 bits per heavy atom. The number of halogens is 6. The predicted octanol–water partition coefficient (Wildman–Crippen LogP) is 13.3. The van der Waals surface area contributed by atoms with Gasteiger partial charge >= 0.3 is 0 Å². The zero-order chi connectivity index (χ0) is 37.0. The van der Waals surface area contributed by atoms with Crippen molar-refractivity contribution in [1.29, 1.82) is 0 Å². The van der Waals surface area contributed by atoms with Gasteiger partial charge < -0.3 is 21.7 Å². The number of carbonyl (C=O) groups is 2. The number of para-hydroxylation sites is 6. The van der Waals surface area contributed by atoms with Crippen LogP contribution in [0.3, 0.4) is 0 Å². The normalized spacial score (nSPS) is 9.78. The van der Waals surface area contributed by atoms with Crippen molar-refractivity contribution in [3.63, 3.8) is 0 Å². The van der Waals surface area contributed by atoms with Crippen LogP contribution >= 0.6 is 78.3 Å². The molecule has 0 heterocycles. The quantitative estimate of drug-likeness (QED) is 0.0727. The van der Waals surface area contributed by atoms with Gasteiger partial charge in [-0.3, -0.25) is 9.59 Å². The molecule has 0 aliphatic rings. The summed E-state index contributed by atoms with van der Waals surface area (Å²) in [5, 5.41) is 9.09. The van der Waals surface area contributed by atoms with Crippen molar-refractivity contribution < 1.29 is 9.59 Å². The first-order chi connectivity index (χ1) is 24.5. The van der Waals surface area contributed by atoms with Gasteiger partial charge in [-0.25, -0.2) is 0 Å². The molecule has 0 aliphatic heterocycles. The largest absolute Gasteiger partial charge is 0.397 e. The van der Waals surface area contributed by atoms with Crippen LogP contribution < -0.4 is 21.7 Å². The second-order valence-corrected chi connectivity index (χ2v) is 14.3. The SMILES string of the molecule is ClC(Cl)Cl.Nc1ccccc1Nc1ccccc1.O=C(Cl)c1ccc(Br)cc1.O=C(Nc1ccccc1Nc1ccccc1)c1ccc(Br)cc1. The highest BCUT2D eigenvalue weighted by atomic mass is 79.9. The maximum absolute atomic E-state index is 12.4. The zero-order valence-electron chi connectivity index (χ0n) is 26.8. The molecule has 0 saturated heterocycles. The van der Waals surface area contributed by atoms with Gasteiger partial charge in [0.2, 0.25) is 0 Å². The molecule has 0 fully saturated rings. The topological polar surface area (TPSA) is 96.2 Å². The molecule has 0 radical (unpaired) electrons. The molecule has 0 aromatic heterocycles. The number of nitrogens with two attached hydrogens (primary N) is 1. The third-order valence-corrected chi connectivity index (χ3v) is 7.69. The van der Waals surface area contributed by atoms with E-state index < -0.39 is 9.54 Å². The van der Waals surface area contributed by atoms with Crippen LogP contribution in [0, 0.1) is 0 Å². The van der Waals surface area contributed by atoms with E-state index in [1.807, 2.05) is 121 Å². The van der Waals surface area contributed by atoms with Crippen LogP contribution in [-0.4, -0.2) is 15.4 Å². The number of amides is 1. The van der Waals surface area contributed by atoms with E-state index in [-0.39, 0.29) is 5.91 Å². The van der Waals surface area contributed by atoms with Crippen molar-refractivity contribution in [3.05, 3.63) is 178 Å². The third kappa shape index (κ3) is 16.2. The van der Waals surface area contributed by atoms with E-state index in [2.05, 4.69) is 47.8 Å². The minimum Gasteiger partial charge on any atom is -0.397 e. The van der Waals surface area contributed by atoms with Gasteiger partial charge in [0.25, 0.3) is 11.1 Å². The molecule has 6 aromatic carbocycles. The van der Waals surface area contributed by atoms with Crippen molar-refractivity contribution in [3.8, 4) is 0 Å². The number of anilines is 6. The standard InChI is InChI=1S/C19H15BrN2O.C12H12N2.C7H4BrClO.CHCl3/c20-15-12-10-14(11-13-15)19(23)22-18-9-5-4-8-17(18)21-16-6-2-1-3-7-16;13-11-8-4-5-9-12(11)14-10-6-2-1-3-7-10;8-6-3-1-5(2-4-6)7(9)10;2-1(3)4/h1-13,21H,(H,22,23);1-9,14H,13H2;1-4H;1H. The molecule has 6 rings (SSSR count). The van der Waals surface area contributed by atoms with E-state index in [0.29, 0.717) is 11.1 Å². The van der Waals surface area contributed by atoms with Crippen LogP contribution in [0.5, 0.6) is 0 Å². The number of rotatable bonds is 7. The molecule has 6 aromatic rings. The maximum atomic E-state index is 12.4. The summed E-state index contributed by atoms with van der Waals surface area (Å²) in [7, 11) is 0. The van der Waals surface area contributed by atoms with Crippen LogP contribution in [0.15, 0.2) is 167 Å². The van der Waals surface area contributed by atoms with E-state index in [1.165, 1.54) is 0 Å². The fraction of sp³-hybridized carbons (Fsp3) is 0.0256. The van der Waals surface area contributed by atoms with Crippen molar-refractivity contribution in [2.24, 2.45) is 0 Å². The molecule has 0 bridgehead atoms. The van der Waals surface area contributed by atoms with Gasteiger partial charge in [0.15, 0.2) is 4.30 Å². The zero-order valence-corrected chi connectivity index (χ0v) is 32.9. The molecule has 51 heavy (non-hydrogen) atoms. The number of hydrogen-bond donors (Lipinski definition) is 4. The van der Waals surface area contributed by atoms with Gasteiger partial charge in [0.1, 0.15) is 0 Å². The van der Waals surface area contributed by atoms with Gasteiger partial charge in [0, 0.05) is 31.4 Å². The third-order valence-electron chi connectivity index (χ3n) is 6.42. The van der Waals surface area contributed by atoms with Gasteiger partial charge in [-0.1, -0.05) is 127 Å². The second-order valence-electron chi connectivity index (χ2n) is 10.1. The lowest BCUT2D eigenvalue weighted by Crippen LogP contribution is -2.12. The smallest absolute Gasteiger partial charge is 0.255 e. The lowest BCUT2D eigenvalue weighted by molar-refractivity contribution is 0.102. The first-order valence-electron chi connectivity index (χ1n) is 15.0. The molecule has 0 spiro atoms. The molecule has 6 nitrogen and oxygen atoms in total. The van der Waals surface area contributed by atoms with Gasteiger partial charge in [-0.05, 0) is 109 Å². The van der Waals surface area contributed by atoms with Gasteiger partial charge in [0.05, 0.1) is 22.7 Å². The summed E-state index contributed by atoms with van der Waals surface area (Å²) < 4.78 is 1.13. The van der Waals surface area contributed by atoms with Crippen molar-refractivity contribution in [2.45, 2.75) is 4.30 Å². The van der Waals surface area contributed by atoms with Gasteiger partial charge in [-0.2, -0.15) is 0 Å². The average molecular weight is 890 g/mol. The fourth-order valence-electron chi connectivity index (χ4n) is 4.04. The molecular weight excluding hydrogens is 858 g/mol. The second kappa shape index (κ2) is 22.7. The molecule has 5 N–H and O–H groups in total. The summed E-state index contributed by atoms with van der Waals surface area (Å²) in [6.45, 7) is 0. The Hall–Kier alpha value is -4.02. The van der Waals surface area contributed by atoms with E-state index in [1.54, 1.807) is 36.4 Å². The number of nitrogen functional groups attached to an aromatic ring is 1. The highest BCUT2D eigenvalue weighted by Crippen LogP contribution is 2.26. The van der Waals surface area contributed by atoms with Crippen LogP contribution in [0.2, 0.25) is 0 Å². The summed E-state index contributed by atoms with van der Waals surface area (Å²) in [5.74, 6) is -0.139. The average Bonchev–Trinajstić information content (AvgIpc) is 3.12. The Balaban J connectivity index is 0.000000213. The molecule has 1 amide bonds. The summed E-state index contributed by atoms with van der Waals surface area (Å²) in [5.41, 5.74) is 12.2. The summed E-state index contributed by atoms with van der Waals surface area (Å²) in [6.07, 6.45) is 0. The van der Waals surface area contributed by atoms with Crippen molar-refractivity contribution in [2.75, 3.05) is 21.7 Å². The molecular formula is C39H32Br2Cl4N4O2. The van der Waals surface area contributed by atoms with Crippen molar-refractivity contribution >= 4 is 124 Å². The monoisotopic (exact) mass is 886 g/mol. The van der Waals surface area contributed by atoms with E-state index >= 15 is 0 Å². The highest BCUT2D eigenvalue weighted by molar-refractivity contribution is 9.10. The van der Waals surface area contributed by atoms with E-state index in [9.17, 15) is 9.59 Å². The lowest BCUT2D eigenvalue weighted by Gasteiger charge is -2.13. The molecule has 0 aliphatic carbocycles. The van der Waals surface area contributed by atoms with Crippen molar-refractivity contribution in [1.82, 2.24) is 0 Å². The number of benzene rings is 6. The fourth-order valence-corrected chi connectivity index (χ4v) is 4.70. The Kier molecular flexibility index (Phi) is 18.4. The van der Waals surface area contributed by atoms with Gasteiger partial charge in [-0.15, -0.1) is 0 Å². The lowest BCUT2D eigenvalue weighted by atomic mass is 10.2. The Labute approximate surface area is 334 Å². The molecule has 262 valence electrons. The Morgan fingerprint density at radius 2 is 0.882 bits per heavy atom. The molecule has 0 atom stereocenters. The number of alkyl halides is 3. The number of nitrogens with one attached hydrogen (secondary N) is 3. The van der Waals surface area contributed by atoms with Crippen LogP contribution in [0.1, 0.15) is 20.7 Å². The Bertz CT molecular complexity index is 1930.